The number of carbonyl (C=O) groups excluding carboxylic acids is 2. The van der Waals surface area contributed by atoms with E-state index in [2.05, 4.69) is 12.1 Å². The van der Waals surface area contributed by atoms with Crippen LogP contribution in [-0.4, -0.2) is 11.9 Å². The van der Waals surface area contributed by atoms with Gasteiger partial charge in [0, 0.05) is 11.1 Å². The highest BCUT2D eigenvalue weighted by atomic mass is 16.5. The largest absolute Gasteiger partial charge is 0.422 e. The standard InChI is InChI=1S/C32H18O4/c33-31(35-27-16-6-14-25-21-10-1-3-12-23(21)29(25)27)19-8-5-9-20(18-19)32(34)36-28-17-7-15-26-22-11-2-4-13-24(22)30(26)28/h1-18H. The summed E-state index contributed by atoms with van der Waals surface area (Å²) in [6.45, 7) is 0. The third-order valence-corrected chi connectivity index (χ3v) is 6.76. The van der Waals surface area contributed by atoms with Gasteiger partial charge in [0.1, 0.15) is 11.5 Å². The van der Waals surface area contributed by atoms with Crippen molar-refractivity contribution in [3.8, 4) is 56.0 Å². The molecule has 4 nitrogen and oxygen atoms in total. The summed E-state index contributed by atoms with van der Waals surface area (Å²) in [5.41, 5.74) is 8.97. The predicted octanol–water partition coefficient (Wildman–Crippen LogP) is 7.42. The molecule has 0 aromatic heterocycles. The average molecular weight is 466 g/mol. The quantitative estimate of drug-likeness (QED) is 0.200. The number of ether oxygens (including phenoxy) is 2. The first kappa shape index (κ1) is 20.4. The Labute approximate surface area is 207 Å². The highest BCUT2D eigenvalue weighted by molar-refractivity contribution is 6.07. The predicted molar refractivity (Wildman–Crippen MR) is 138 cm³/mol. The van der Waals surface area contributed by atoms with Crippen LogP contribution in [0.1, 0.15) is 20.7 Å². The summed E-state index contributed by atoms with van der Waals surface area (Å²) in [5, 5.41) is 0. The van der Waals surface area contributed by atoms with E-state index in [0.717, 1.165) is 44.5 Å². The Kier molecular flexibility index (Phi) is 4.42. The number of fused-ring (bicyclic) bond motifs is 8. The van der Waals surface area contributed by atoms with Gasteiger partial charge in [0.15, 0.2) is 0 Å². The molecule has 7 rings (SSSR count). The van der Waals surface area contributed by atoms with Crippen molar-refractivity contribution in [3.05, 3.63) is 120 Å². The zero-order chi connectivity index (χ0) is 24.2. The van der Waals surface area contributed by atoms with E-state index < -0.39 is 11.9 Å². The van der Waals surface area contributed by atoms with Gasteiger partial charge in [0.05, 0.1) is 11.1 Å². The third-order valence-electron chi connectivity index (χ3n) is 6.76. The molecule has 4 heteroatoms. The summed E-state index contributed by atoms with van der Waals surface area (Å²) < 4.78 is 11.5. The Bertz CT molecular complexity index is 1610. The number of carbonyl (C=O) groups is 2. The zero-order valence-electron chi connectivity index (χ0n) is 19.0. The molecule has 0 spiro atoms. The van der Waals surface area contributed by atoms with E-state index in [1.807, 2.05) is 60.7 Å². The highest BCUT2D eigenvalue weighted by Crippen LogP contribution is 2.52. The van der Waals surface area contributed by atoms with Crippen LogP contribution in [0, 0.1) is 0 Å². The van der Waals surface area contributed by atoms with E-state index in [4.69, 9.17) is 9.47 Å². The van der Waals surface area contributed by atoms with Gasteiger partial charge in [-0.05, 0) is 63.7 Å². The first-order chi connectivity index (χ1) is 17.7. The topological polar surface area (TPSA) is 52.6 Å². The number of hydrogen-bond acceptors (Lipinski definition) is 4. The number of hydrogen-bond donors (Lipinski definition) is 0. The summed E-state index contributed by atoms with van der Waals surface area (Å²) in [4.78, 5) is 26.0. The average Bonchev–Trinajstić information content (AvgIpc) is 2.90. The second kappa shape index (κ2) is 7.79. The van der Waals surface area contributed by atoms with Crippen LogP contribution in [-0.2, 0) is 0 Å². The molecule has 0 heterocycles. The molecule has 0 aliphatic heterocycles. The lowest BCUT2D eigenvalue weighted by molar-refractivity contribution is 0.0735. The smallest absolute Gasteiger partial charge is 0.343 e. The van der Waals surface area contributed by atoms with Gasteiger partial charge in [-0.1, -0.05) is 78.9 Å². The van der Waals surface area contributed by atoms with Crippen LogP contribution in [0.4, 0.5) is 0 Å². The van der Waals surface area contributed by atoms with Crippen molar-refractivity contribution in [2.24, 2.45) is 0 Å². The first-order valence-electron chi connectivity index (χ1n) is 11.7. The Balaban J connectivity index is 1.13. The second-order valence-electron chi connectivity index (χ2n) is 8.81. The van der Waals surface area contributed by atoms with Gasteiger partial charge in [-0.15, -0.1) is 0 Å². The van der Waals surface area contributed by atoms with E-state index in [-0.39, 0.29) is 11.1 Å². The Morgan fingerprint density at radius 2 is 0.806 bits per heavy atom. The maximum Gasteiger partial charge on any atom is 0.343 e. The van der Waals surface area contributed by atoms with Crippen LogP contribution in [0.3, 0.4) is 0 Å². The number of esters is 2. The van der Waals surface area contributed by atoms with Crippen molar-refractivity contribution >= 4 is 11.9 Å². The summed E-state index contributed by atoms with van der Waals surface area (Å²) in [7, 11) is 0. The van der Waals surface area contributed by atoms with Gasteiger partial charge in [-0.3, -0.25) is 0 Å². The molecule has 5 aromatic rings. The fourth-order valence-corrected chi connectivity index (χ4v) is 5.07. The van der Waals surface area contributed by atoms with Crippen LogP contribution in [0.5, 0.6) is 11.5 Å². The lowest BCUT2D eigenvalue weighted by Gasteiger charge is -2.26. The van der Waals surface area contributed by atoms with Crippen molar-refractivity contribution in [2.45, 2.75) is 0 Å². The molecule has 0 amide bonds. The van der Waals surface area contributed by atoms with Crippen LogP contribution < -0.4 is 9.47 Å². The molecule has 0 radical (unpaired) electrons. The van der Waals surface area contributed by atoms with E-state index in [9.17, 15) is 9.59 Å². The molecule has 0 unspecified atom stereocenters. The van der Waals surface area contributed by atoms with Gasteiger partial charge < -0.3 is 9.47 Å². The molecule has 2 aliphatic rings. The van der Waals surface area contributed by atoms with Crippen molar-refractivity contribution in [1.82, 2.24) is 0 Å². The van der Waals surface area contributed by atoms with Crippen molar-refractivity contribution < 1.29 is 19.1 Å². The normalized spacial score (nSPS) is 11.6. The Hall–Kier alpha value is -4.96. The second-order valence-corrected chi connectivity index (χ2v) is 8.81. The number of rotatable bonds is 4. The Morgan fingerprint density at radius 3 is 1.28 bits per heavy atom. The van der Waals surface area contributed by atoms with E-state index >= 15 is 0 Å². The van der Waals surface area contributed by atoms with E-state index in [0.29, 0.717) is 11.5 Å². The van der Waals surface area contributed by atoms with Crippen molar-refractivity contribution in [1.29, 1.82) is 0 Å². The minimum atomic E-state index is -0.528. The lowest BCUT2D eigenvalue weighted by Crippen LogP contribution is -2.14. The van der Waals surface area contributed by atoms with Gasteiger partial charge in [0.2, 0.25) is 0 Å². The lowest BCUT2D eigenvalue weighted by atomic mass is 9.80. The molecular formula is C32H18O4. The minimum Gasteiger partial charge on any atom is -0.422 e. The maximum atomic E-state index is 13.0. The van der Waals surface area contributed by atoms with Crippen LogP contribution in [0.2, 0.25) is 0 Å². The van der Waals surface area contributed by atoms with Crippen LogP contribution in [0.25, 0.3) is 44.5 Å². The summed E-state index contributed by atoms with van der Waals surface area (Å²) in [6, 6.07) is 33.8. The van der Waals surface area contributed by atoms with Gasteiger partial charge >= 0.3 is 11.9 Å². The van der Waals surface area contributed by atoms with E-state index in [1.165, 1.54) is 6.07 Å². The van der Waals surface area contributed by atoms with Crippen molar-refractivity contribution in [3.63, 3.8) is 0 Å². The molecule has 0 saturated heterocycles. The molecule has 170 valence electrons. The summed E-state index contributed by atoms with van der Waals surface area (Å²) in [6.07, 6.45) is 0. The summed E-state index contributed by atoms with van der Waals surface area (Å²) in [5.74, 6) is -0.0433. The molecular weight excluding hydrogens is 448 g/mol. The third kappa shape index (κ3) is 3.01. The highest BCUT2D eigenvalue weighted by Gasteiger charge is 2.28. The SMILES string of the molecule is O=C(Oc1cccc2c1-c1ccccc1-2)c1cccc(C(=O)Oc2cccc3c2-c2ccccc2-3)c1. The zero-order valence-corrected chi connectivity index (χ0v) is 19.0. The molecule has 0 bridgehead atoms. The van der Waals surface area contributed by atoms with Crippen molar-refractivity contribution in [2.75, 3.05) is 0 Å². The van der Waals surface area contributed by atoms with Gasteiger partial charge in [-0.2, -0.15) is 0 Å². The fraction of sp³-hybridized carbons (Fsp3) is 0. The minimum absolute atomic E-state index is 0.279. The van der Waals surface area contributed by atoms with Gasteiger partial charge in [0.25, 0.3) is 0 Å². The molecule has 0 atom stereocenters. The van der Waals surface area contributed by atoms with E-state index in [1.54, 1.807) is 30.3 Å². The van der Waals surface area contributed by atoms with Gasteiger partial charge in [-0.25, -0.2) is 9.59 Å². The Morgan fingerprint density at radius 1 is 0.417 bits per heavy atom. The summed E-state index contributed by atoms with van der Waals surface area (Å²) >= 11 is 0. The molecule has 36 heavy (non-hydrogen) atoms. The maximum absolute atomic E-state index is 13.0. The fourth-order valence-electron chi connectivity index (χ4n) is 5.07. The van der Waals surface area contributed by atoms with Crippen LogP contribution >= 0.6 is 0 Å². The molecule has 0 saturated carbocycles. The molecule has 0 fully saturated rings. The molecule has 2 aliphatic carbocycles. The first-order valence-corrected chi connectivity index (χ1v) is 11.7. The molecule has 0 N–H and O–H groups in total. The van der Waals surface area contributed by atoms with Crippen LogP contribution in [0.15, 0.2) is 109 Å². The number of benzene rings is 5. The monoisotopic (exact) mass is 466 g/mol. The molecule has 5 aromatic carbocycles.